The molecule has 0 fully saturated rings. The maximum absolute atomic E-state index is 12.8. The van der Waals surface area contributed by atoms with Crippen LogP contribution < -0.4 is 0 Å². The van der Waals surface area contributed by atoms with E-state index >= 15 is 0 Å². The van der Waals surface area contributed by atoms with Gasteiger partial charge in [0.2, 0.25) is 0 Å². The summed E-state index contributed by atoms with van der Waals surface area (Å²) in [7, 11) is 0. The first-order valence-electron chi connectivity index (χ1n) is 9.15. The first kappa shape index (κ1) is 20.2. The number of carbonyl (C=O) groups is 1. The summed E-state index contributed by atoms with van der Waals surface area (Å²) in [4.78, 5) is 16.7. The van der Waals surface area contributed by atoms with E-state index in [2.05, 4.69) is 4.98 Å². The summed E-state index contributed by atoms with van der Waals surface area (Å²) in [6, 6.07) is 12.5. The fourth-order valence-electron chi connectivity index (χ4n) is 3.43. The predicted molar refractivity (Wildman–Crippen MR) is 110 cm³/mol. The number of aliphatic carboxylic acids is 1. The molecule has 0 saturated carbocycles. The van der Waals surface area contributed by atoms with Gasteiger partial charge in [0.05, 0.1) is 29.7 Å². The van der Waals surface area contributed by atoms with Gasteiger partial charge in [-0.3, -0.25) is 4.79 Å². The first-order valence-corrected chi connectivity index (χ1v) is 9.96. The van der Waals surface area contributed by atoms with Crippen LogP contribution in [0.25, 0.3) is 21.5 Å². The maximum Gasteiger partial charge on any atom is 0.416 e. The summed E-state index contributed by atoms with van der Waals surface area (Å²) in [5.74, 6) is -0.895. The van der Waals surface area contributed by atoms with Crippen LogP contribution in [0, 0.1) is 6.92 Å². The van der Waals surface area contributed by atoms with Gasteiger partial charge >= 0.3 is 12.1 Å². The van der Waals surface area contributed by atoms with Crippen LogP contribution in [-0.4, -0.2) is 20.6 Å². The number of aryl methyl sites for hydroxylation is 1. The maximum atomic E-state index is 12.8. The monoisotopic (exact) mass is 430 g/mol. The lowest BCUT2D eigenvalue weighted by Crippen LogP contribution is -2.04. The number of carboxylic acids is 1. The van der Waals surface area contributed by atoms with Crippen molar-refractivity contribution in [1.29, 1.82) is 0 Å². The fraction of sp³-hybridized carbons (Fsp3) is 0.182. The van der Waals surface area contributed by atoms with Crippen LogP contribution in [0.5, 0.6) is 0 Å². The quantitative estimate of drug-likeness (QED) is 0.438. The number of hydrogen-bond donors (Lipinski definition) is 1. The number of rotatable bonds is 5. The van der Waals surface area contributed by atoms with Gasteiger partial charge in [0.1, 0.15) is 5.01 Å². The van der Waals surface area contributed by atoms with Crippen molar-refractivity contribution in [3.63, 3.8) is 0 Å². The van der Waals surface area contributed by atoms with E-state index < -0.39 is 17.7 Å². The van der Waals surface area contributed by atoms with Crippen LogP contribution in [0.15, 0.2) is 54.7 Å². The molecule has 2 aromatic carbocycles. The third kappa shape index (κ3) is 3.95. The molecule has 1 N–H and O–H groups in total. The molecule has 0 aliphatic carbocycles. The van der Waals surface area contributed by atoms with Gasteiger partial charge in [-0.2, -0.15) is 13.2 Å². The van der Waals surface area contributed by atoms with Gasteiger partial charge in [0.15, 0.2) is 0 Å². The summed E-state index contributed by atoms with van der Waals surface area (Å²) in [6.45, 7) is 2.37. The zero-order valence-electron chi connectivity index (χ0n) is 15.9. The number of nitrogens with zero attached hydrogens (tertiary/aromatic N) is 2. The fourth-order valence-corrected chi connectivity index (χ4v) is 4.50. The molecule has 0 aliphatic rings. The molecule has 0 saturated heterocycles. The van der Waals surface area contributed by atoms with Gasteiger partial charge in [-0.05, 0) is 36.1 Å². The van der Waals surface area contributed by atoms with E-state index in [-0.39, 0.29) is 6.42 Å². The molecule has 0 aliphatic heterocycles. The number of alkyl halides is 3. The minimum Gasteiger partial charge on any atom is -0.481 e. The molecule has 2 aromatic heterocycles. The van der Waals surface area contributed by atoms with Crippen LogP contribution in [0.2, 0.25) is 0 Å². The molecule has 0 atom stereocenters. The second-order valence-corrected chi connectivity index (χ2v) is 8.06. The smallest absolute Gasteiger partial charge is 0.416 e. The minimum absolute atomic E-state index is 0.0696. The van der Waals surface area contributed by atoms with E-state index in [4.69, 9.17) is 0 Å². The highest BCUT2D eigenvalue weighted by molar-refractivity contribution is 7.15. The number of halogens is 3. The number of hydrogen-bond acceptors (Lipinski definition) is 3. The second kappa shape index (κ2) is 7.60. The Balaban J connectivity index is 1.66. The lowest BCUT2D eigenvalue weighted by atomic mass is 10.1. The van der Waals surface area contributed by atoms with Crippen molar-refractivity contribution in [1.82, 2.24) is 9.55 Å². The van der Waals surface area contributed by atoms with Gasteiger partial charge < -0.3 is 9.67 Å². The van der Waals surface area contributed by atoms with Crippen LogP contribution in [0.1, 0.15) is 21.7 Å². The SMILES string of the molecule is Cc1nc(-c2ccc(C(F)(F)F)cc2)sc1Cn1ccc2cccc(CC(=O)O)c21. The highest BCUT2D eigenvalue weighted by atomic mass is 32.1. The standard InChI is InChI=1S/C22H17F3N2O2S/c1-13-18(30-21(26-13)15-5-7-17(8-6-15)22(23,24)25)12-27-10-9-14-3-2-4-16(20(14)27)11-19(28)29/h2-10H,11-12H2,1H3,(H,28,29). The van der Waals surface area contributed by atoms with Crippen molar-refractivity contribution >= 4 is 28.2 Å². The number of para-hydroxylation sites is 1. The number of benzene rings is 2. The highest BCUT2D eigenvalue weighted by Gasteiger charge is 2.30. The van der Waals surface area contributed by atoms with Crippen LogP contribution in [0.3, 0.4) is 0 Å². The van der Waals surface area contributed by atoms with E-state index in [1.54, 1.807) is 6.07 Å². The van der Waals surface area contributed by atoms with Gasteiger partial charge in [-0.15, -0.1) is 11.3 Å². The summed E-state index contributed by atoms with van der Waals surface area (Å²) in [6.07, 6.45) is -2.53. The Bertz CT molecular complexity index is 1220. The average molecular weight is 430 g/mol. The van der Waals surface area contributed by atoms with Gasteiger partial charge in [-0.1, -0.05) is 30.3 Å². The molecule has 0 radical (unpaired) electrons. The molecular formula is C22H17F3N2O2S. The Kier molecular flexibility index (Phi) is 5.11. The van der Waals surface area contributed by atoms with Crippen molar-refractivity contribution in [2.45, 2.75) is 26.1 Å². The number of fused-ring (bicyclic) bond motifs is 1. The third-order valence-corrected chi connectivity index (χ3v) is 6.07. The van der Waals surface area contributed by atoms with Gasteiger partial charge in [-0.25, -0.2) is 4.98 Å². The normalized spacial score (nSPS) is 11.9. The van der Waals surface area contributed by atoms with Crippen molar-refractivity contribution < 1.29 is 23.1 Å². The molecular weight excluding hydrogens is 413 g/mol. The Morgan fingerprint density at radius 3 is 2.53 bits per heavy atom. The Hall–Kier alpha value is -3.13. The zero-order chi connectivity index (χ0) is 21.5. The number of aromatic nitrogens is 2. The summed E-state index contributed by atoms with van der Waals surface area (Å²) < 4.78 is 40.4. The molecule has 4 rings (SSSR count). The van der Waals surface area contributed by atoms with Gasteiger partial charge in [0, 0.05) is 16.6 Å². The van der Waals surface area contributed by atoms with Gasteiger partial charge in [0.25, 0.3) is 0 Å². The van der Waals surface area contributed by atoms with Crippen molar-refractivity contribution in [2.24, 2.45) is 0 Å². The molecule has 0 spiro atoms. The van der Waals surface area contributed by atoms with Crippen LogP contribution in [0.4, 0.5) is 13.2 Å². The van der Waals surface area contributed by atoms with E-state index in [1.807, 2.05) is 35.9 Å². The van der Waals surface area contributed by atoms with E-state index in [0.29, 0.717) is 17.1 Å². The zero-order valence-corrected chi connectivity index (χ0v) is 16.7. The Morgan fingerprint density at radius 2 is 1.87 bits per heavy atom. The Labute approximate surface area is 174 Å². The van der Waals surface area contributed by atoms with E-state index in [9.17, 15) is 23.1 Å². The predicted octanol–water partition coefficient (Wildman–Crippen LogP) is 5.77. The molecule has 0 amide bonds. The molecule has 4 aromatic rings. The van der Waals surface area contributed by atoms with E-state index in [1.165, 1.54) is 23.5 Å². The first-order chi connectivity index (χ1) is 14.2. The molecule has 154 valence electrons. The van der Waals surface area contributed by atoms with Crippen LogP contribution >= 0.6 is 11.3 Å². The highest BCUT2D eigenvalue weighted by Crippen LogP contribution is 2.33. The minimum atomic E-state index is -4.37. The number of carboxylic acid groups (broad SMARTS) is 1. The average Bonchev–Trinajstić information content (AvgIpc) is 3.26. The van der Waals surface area contributed by atoms with Crippen molar-refractivity contribution in [3.8, 4) is 10.6 Å². The largest absolute Gasteiger partial charge is 0.481 e. The van der Waals surface area contributed by atoms with Crippen LogP contribution in [-0.2, 0) is 23.9 Å². The summed E-state index contributed by atoms with van der Waals surface area (Å²) in [5, 5.41) is 10.8. The molecule has 0 bridgehead atoms. The summed E-state index contributed by atoms with van der Waals surface area (Å²) >= 11 is 1.42. The molecule has 30 heavy (non-hydrogen) atoms. The Morgan fingerprint density at radius 1 is 1.13 bits per heavy atom. The van der Waals surface area contributed by atoms with E-state index in [0.717, 1.165) is 39.2 Å². The molecule has 8 heteroatoms. The molecule has 0 unspecified atom stereocenters. The second-order valence-electron chi connectivity index (χ2n) is 6.97. The van der Waals surface area contributed by atoms with Crippen molar-refractivity contribution in [3.05, 3.63) is 76.4 Å². The molecule has 4 nitrogen and oxygen atoms in total. The third-order valence-electron chi connectivity index (χ3n) is 4.88. The lowest BCUT2D eigenvalue weighted by molar-refractivity contribution is -0.138. The summed E-state index contributed by atoms with van der Waals surface area (Å²) in [5.41, 5.74) is 2.34. The number of thiazole rings is 1. The van der Waals surface area contributed by atoms with Crippen molar-refractivity contribution in [2.75, 3.05) is 0 Å². The topological polar surface area (TPSA) is 55.1 Å². The lowest BCUT2D eigenvalue weighted by Gasteiger charge is -2.08. The molecule has 2 heterocycles.